The third-order valence-electron chi connectivity index (χ3n) is 6.33. The van der Waals surface area contributed by atoms with Gasteiger partial charge in [0.15, 0.2) is 0 Å². The number of ether oxygens (including phenoxy) is 2. The van der Waals surface area contributed by atoms with E-state index in [0.29, 0.717) is 19.7 Å². The van der Waals surface area contributed by atoms with E-state index in [0.717, 1.165) is 60.1 Å². The number of hydrogen-bond acceptors (Lipinski definition) is 6. The van der Waals surface area contributed by atoms with Crippen molar-refractivity contribution in [3.8, 4) is 5.75 Å². The van der Waals surface area contributed by atoms with Crippen molar-refractivity contribution in [1.82, 2.24) is 14.9 Å². The molecule has 3 aromatic rings. The topological polar surface area (TPSA) is 67.8 Å². The number of aryl methyl sites for hydroxylation is 2. The summed E-state index contributed by atoms with van der Waals surface area (Å²) < 4.78 is 11.0. The van der Waals surface area contributed by atoms with Crippen LogP contribution < -0.4 is 9.64 Å². The van der Waals surface area contributed by atoms with Gasteiger partial charge >= 0.3 is 0 Å². The fourth-order valence-corrected chi connectivity index (χ4v) is 4.41. The number of anilines is 1. The summed E-state index contributed by atoms with van der Waals surface area (Å²) in [6.07, 6.45) is 1.61. The van der Waals surface area contributed by atoms with Crippen LogP contribution in [0.2, 0.25) is 0 Å². The Hall–Kier alpha value is -3.45. The van der Waals surface area contributed by atoms with Gasteiger partial charge in [-0.15, -0.1) is 0 Å². The number of nitrogens with zero attached hydrogens (tertiary/aromatic N) is 4. The van der Waals surface area contributed by atoms with Crippen LogP contribution in [-0.2, 0) is 29.0 Å². The molecule has 0 radical (unpaired) electrons. The molecule has 1 amide bonds. The SMILES string of the molecule is CCc1nc(C)nc(N2CCN(C(=O)COCc3ccccc3)CC2)c1Cc1ccc(OC)cc1. The maximum atomic E-state index is 12.7. The molecule has 184 valence electrons. The van der Waals surface area contributed by atoms with Crippen molar-refractivity contribution in [2.75, 3.05) is 44.8 Å². The van der Waals surface area contributed by atoms with Gasteiger partial charge in [0.25, 0.3) is 0 Å². The lowest BCUT2D eigenvalue weighted by molar-refractivity contribution is -0.136. The number of hydrogen-bond donors (Lipinski definition) is 0. The largest absolute Gasteiger partial charge is 0.497 e. The zero-order valence-corrected chi connectivity index (χ0v) is 20.9. The van der Waals surface area contributed by atoms with Crippen LogP contribution in [0.1, 0.15) is 35.1 Å². The fourth-order valence-electron chi connectivity index (χ4n) is 4.41. The van der Waals surface area contributed by atoms with Crippen LogP contribution in [0, 0.1) is 6.92 Å². The molecule has 0 N–H and O–H groups in total. The molecule has 0 aliphatic carbocycles. The predicted molar refractivity (Wildman–Crippen MR) is 137 cm³/mol. The van der Waals surface area contributed by atoms with E-state index in [2.05, 4.69) is 24.0 Å². The Kier molecular flexibility index (Phi) is 8.32. The lowest BCUT2D eigenvalue weighted by Gasteiger charge is -2.36. The van der Waals surface area contributed by atoms with Crippen molar-refractivity contribution < 1.29 is 14.3 Å². The van der Waals surface area contributed by atoms with Crippen LogP contribution >= 0.6 is 0 Å². The van der Waals surface area contributed by atoms with Crippen molar-refractivity contribution in [1.29, 1.82) is 0 Å². The third-order valence-corrected chi connectivity index (χ3v) is 6.33. The molecule has 0 bridgehead atoms. The van der Waals surface area contributed by atoms with Gasteiger partial charge in [0.2, 0.25) is 5.91 Å². The second-order valence-electron chi connectivity index (χ2n) is 8.74. The summed E-state index contributed by atoms with van der Waals surface area (Å²) in [6, 6.07) is 18.1. The Bertz CT molecular complexity index is 1110. The summed E-state index contributed by atoms with van der Waals surface area (Å²) in [5.41, 5.74) is 4.50. The van der Waals surface area contributed by atoms with Crippen LogP contribution in [0.25, 0.3) is 0 Å². The summed E-state index contributed by atoms with van der Waals surface area (Å²) in [5, 5.41) is 0. The van der Waals surface area contributed by atoms with Crippen molar-refractivity contribution in [3.05, 3.63) is 82.8 Å². The van der Waals surface area contributed by atoms with Gasteiger partial charge in [-0.2, -0.15) is 0 Å². The fraction of sp³-hybridized carbons (Fsp3) is 0.393. The van der Waals surface area contributed by atoms with Crippen LogP contribution in [-0.4, -0.2) is 60.7 Å². The number of aromatic nitrogens is 2. The molecule has 35 heavy (non-hydrogen) atoms. The summed E-state index contributed by atoms with van der Waals surface area (Å²) >= 11 is 0. The highest BCUT2D eigenvalue weighted by Gasteiger charge is 2.25. The smallest absolute Gasteiger partial charge is 0.248 e. The molecule has 0 saturated carbocycles. The number of benzene rings is 2. The molecular formula is C28H34N4O3. The monoisotopic (exact) mass is 474 g/mol. The lowest BCUT2D eigenvalue weighted by atomic mass is 10.0. The molecule has 1 aliphatic heterocycles. The minimum Gasteiger partial charge on any atom is -0.497 e. The van der Waals surface area contributed by atoms with E-state index in [1.165, 1.54) is 5.56 Å². The first-order chi connectivity index (χ1) is 17.1. The summed E-state index contributed by atoms with van der Waals surface area (Å²) in [4.78, 5) is 26.5. The van der Waals surface area contributed by atoms with Crippen molar-refractivity contribution in [2.24, 2.45) is 0 Å². The molecule has 1 aromatic heterocycles. The number of carbonyl (C=O) groups is 1. The highest BCUT2D eigenvalue weighted by molar-refractivity contribution is 5.77. The number of carbonyl (C=O) groups excluding carboxylic acids is 1. The molecule has 0 unspecified atom stereocenters. The Morgan fingerprint density at radius 2 is 1.66 bits per heavy atom. The van der Waals surface area contributed by atoms with Crippen LogP contribution in [0.4, 0.5) is 5.82 Å². The van der Waals surface area contributed by atoms with Gasteiger partial charge in [-0.05, 0) is 36.6 Å². The molecule has 1 fully saturated rings. The van der Waals surface area contributed by atoms with Gasteiger partial charge in [-0.3, -0.25) is 4.79 Å². The highest BCUT2D eigenvalue weighted by Crippen LogP contribution is 2.26. The van der Waals surface area contributed by atoms with Gasteiger partial charge < -0.3 is 19.3 Å². The first-order valence-corrected chi connectivity index (χ1v) is 12.2. The van der Waals surface area contributed by atoms with Crippen LogP contribution in [0.3, 0.4) is 0 Å². The second-order valence-corrected chi connectivity index (χ2v) is 8.74. The zero-order valence-electron chi connectivity index (χ0n) is 20.9. The van der Waals surface area contributed by atoms with Gasteiger partial charge in [0.05, 0.1) is 13.7 Å². The van der Waals surface area contributed by atoms with E-state index in [9.17, 15) is 4.79 Å². The van der Waals surface area contributed by atoms with Crippen molar-refractivity contribution in [2.45, 2.75) is 33.3 Å². The molecule has 0 atom stereocenters. The maximum Gasteiger partial charge on any atom is 0.248 e. The van der Waals surface area contributed by atoms with E-state index in [-0.39, 0.29) is 12.5 Å². The molecule has 1 aliphatic rings. The molecule has 2 heterocycles. The van der Waals surface area contributed by atoms with E-state index >= 15 is 0 Å². The Morgan fingerprint density at radius 3 is 2.31 bits per heavy atom. The maximum absolute atomic E-state index is 12.7. The Balaban J connectivity index is 1.40. The van der Waals surface area contributed by atoms with E-state index in [4.69, 9.17) is 19.4 Å². The number of methoxy groups -OCH3 is 1. The van der Waals surface area contributed by atoms with Gasteiger partial charge in [0, 0.05) is 43.9 Å². The molecule has 7 nitrogen and oxygen atoms in total. The Morgan fingerprint density at radius 1 is 0.943 bits per heavy atom. The molecule has 4 rings (SSSR count). The minimum absolute atomic E-state index is 0.0344. The lowest BCUT2D eigenvalue weighted by Crippen LogP contribution is -2.50. The molecule has 2 aromatic carbocycles. The van der Waals surface area contributed by atoms with Crippen LogP contribution in [0.5, 0.6) is 5.75 Å². The van der Waals surface area contributed by atoms with Gasteiger partial charge in [-0.1, -0.05) is 49.4 Å². The van der Waals surface area contributed by atoms with Crippen molar-refractivity contribution >= 4 is 11.7 Å². The van der Waals surface area contributed by atoms with Gasteiger partial charge in [0.1, 0.15) is 24.0 Å². The van der Waals surface area contributed by atoms with Gasteiger partial charge in [-0.25, -0.2) is 9.97 Å². The quantitative estimate of drug-likeness (QED) is 0.470. The number of piperazine rings is 1. The first-order valence-electron chi connectivity index (χ1n) is 12.2. The summed E-state index contributed by atoms with van der Waals surface area (Å²) in [6.45, 7) is 7.41. The minimum atomic E-state index is 0.0344. The van der Waals surface area contributed by atoms with E-state index < -0.39 is 0 Å². The van der Waals surface area contributed by atoms with Crippen LogP contribution in [0.15, 0.2) is 54.6 Å². The normalized spacial score (nSPS) is 13.7. The average Bonchev–Trinajstić information content (AvgIpc) is 2.90. The molecule has 0 spiro atoms. The second kappa shape index (κ2) is 11.8. The van der Waals surface area contributed by atoms with E-state index in [1.807, 2.05) is 54.3 Å². The average molecular weight is 475 g/mol. The number of rotatable bonds is 9. The molecular weight excluding hydrogens is 440 g/mol. The first kappa shape index (κ1) is 24.7. The van der Waals surface area contributed by atoms with E-state index in [1.54, 1.807) is 7.11 Å². The Labute approximate surface area is 207 Å². The zero-order chi connectivity index (χ0) is 24.6. The summed E-state index contributed by atoms with van der Waals surface area (Å²) in [7, 11) is 1.68. The number of amides is 1. The standard InChI is InChI=1S/C28H34N4O3/c1-4-26-25(18-22-10-12-24(34-3)13-11-22)28(30-21(2)29-26)32-16-14-31(15-17-32)27(33)20-35-19-23-8-6-5-7-9-23/h5-13H,4,14-20H2,1-3H3. The molecule has 7 heteroatoms. The van der Waals surface area contributed by atoms with Crippen molar-refractivity contribution in [3.63, 3.8) is 0 Å². The molecule has 1 saturated heterocycles. The summed E-state index contributed by atoms with van der Waals surface area (Å²) in [5.74, 6) is 2.64. The predicted octanol–water partition coefficient (Wildman–Crippen LogP) is 3.81. The highest BCUT2D eigenvalue weighted by atomic mass is 16.5. The third kappa shape index (κ3) is 6.36.